The molecule has 0 saturated carbocycles. The largest absolute Gasteiger partial charge is 1.00 e. The third-order valence-electron chi connectivity index (χ3n) is 7.06. The first-order chi connectivity index (χ1) is 20.6. The number of hydrogen-bond acceptors (Lipinski definition) is 9. The number of aliphatic carboxylic acids is 4. The first-order valence-electron chi connectivity index (χ1n) is 17.0. The van der Waals surface area contributed by atoms with Gasteiger partial charge in [-0.25, -0.2) is 0 Å². The zero-order valence-electron chi connectivity index (χ0n) is 31.4. The van der Waals surface area contributed by atoms with Crippen LogP contribution in [0.15, 0.2) is 0 Å². The summed E-state index contributed by atoms with van der Waals surface area (Å²) in [6, 6.07) is 0. The summed E-state index contributed by atoms with van der Waals surface area (Å²) in [6.07, 6.45) is 24.2. The van der Waals surface area contributed by atoms with E-state index in [9.17, 15) is 44.7 Å². The normalized spacial score (nSPS) is 10.1. The molecule has 0 aromatic carbocycles. The summed E-state index contributed by atoms with van der Waals surface area (Å²) in [4.78, 5) is 40.0. The molecule has 0 saturated heterocycles. The molecule has 0 aliphatic rings. The standard InChI is InChI=1S/C18H36O3.C10H18O4.C6H12O2.4Li/c1-2-3-4-11-14-17(19)15-12-9-7-5-6-8-10-13-16-18(20)21;11-9(12)7-5-3-1-2-4-6-8-10(13)14;1-2-3-4-5-6(7)8;;;;/h17,19H,2-16H2,1H3,(H,20,21);1-8H2,(H,11,12)(H,13,14);2-5H2,1H3,(H,7,8);;;;/q;;;4*+1/p-4. The van der Waals surface area contributed by atoms with Gasteiger partial charge < -0.3 is 44.7 Å². The molecule has 47 heavy (non-hydrogen) atoms. The van der Waals surface area contributed by atoms with E-state index in [-0.39, 0.29) is 107 Å². The van der Waals surface area contributed by atoms with E-state index in [1.165, 1.54) is 51.4 Å². The molecule has 0 aliphatic heterocycles. The van der Waals surface area contributed by atoms with Crippen LogP contribution in [-0.4, -0.2) is 35.1 Å². The summed E-state index contributed by atoms with van der Waals surface area (Å²) < 4.78 is 0. The van der Waals surface area contributed by atoms with Crippen molar-refractivity contribution in [2.75, 3.05) is 0 Å². The first-order valence-corrected chi connectivity index (χ1v) is 17.0. The molecule has 1 atom stereocenters. The van der Waals surface area contributed by atoms with Crippen molar-refractivity contribution in [1.29, 1.82) is 0 Å². The Hall–Kier alpha value is 0.230. The number of carbonyl (C=O) groups is 4. The van der Waals surface area contributed by atoms with E-state index < -0.39 is 23.9 Å². The van der Waals surface area contributed by atoms with Gasteiger partial charge >= 0.3 is 75.4 Å². The maximum Gasteiger partial charge on any atom is 1.00 e. The molecule has 1 N–H and O–H groups in total. The summed E-state index contributed by atoms with van der Waals surface area (Å²) in [5, 5.41) is 49.9. The molecule has 0 aromatic rings. The van der Waals surface area contributed by atoms with E-state index in [2.05, 4.69) is 6.92 Å². The number of aliphatic hydroxyl groups is 1. The van der Waals surface area contributed by atoms with Crippen molar-refractivity contribution >= 4 is 23.9 Å². The van der Waals surface area contributed by atoms with Gasteiger partial charge in [0.2, 0.25) is 0 Å². The third kappa shape index (κ3) is 72.9. The Morgan fingerprint density at radius 3 is 0.830 bits per heavy atom. The SMILES string of the molecule is CCCCCC(=O)[O-].CCCCCCC(O)CCCCCCCCCCC(=O)[O-].O=C([O-])CCCCCCCCC(=O)[O-].[Li+].[Li+].[Li+].[Li+]. The molecule has 1 unspecified atom stereocenters. The van der Waals surface area contributed by atoms with Crippen LogP contribution in [0.2, 0.25) is 0 Å². The van der Waals surface area contributed by atoms with Crippen LogP contribution in [-0.2, 0) is 19.2 Å². The molecule has 13 heteroatoms. The molecule has 0 aliphatic carbocycles. The number of carboxylic acid groups (broad SMARTS) is 4. The van der Waals surface area contributed by atoms with E-state index in [0.29, 0.717) is 12.8 Å². The maximum atomic E-state index is 10.2. The summed E-state index contributed by atoms with van der Waals surface area (Å²) in [5.74, 6) is -3.86. The number of carbonyl (C=O) groups excluding carboxylic acids is 4. The van der Waals surface area contributed by atoms with Crippen molar-refractivity contribution in [2.24, 2.45) is 0 Å². The molecular formula is C34H62Li4O9. The second kappa shape index (κ2) is 53.0. The second-order valence-corrected chi connectivity index (χ2v) is 11.4. The molecule has 0 rings (SSSR count). The van der Waals surface area contributed by atoms with Crippen molar-refractivity contribution in [3.8, 4) is 0 Å². The molecule has 256 valence electrons. The minimum Gasteiger partial charge on any atom is -0.550 e. The van der Waals surface area contributed by atoms with Crippen LogP contribution in [0.1, 0.15) is 187 Å². The number of aliphatic hydroxyl groups excluding tert-OH is 1. The van der Waals surface area contributed by atoms with Crippen LogP contribution >= 0.6 is 0 Å². The summed E-state index contributed by atoms with van der Waals surface area (Å²) in [5.41, 5.74) is 0. The molecule has 0 amide bonds. The van der Waals surface area contributed by atoms with Crippen molar-refractivity contribution in [1.82, 2.24) is 0 Å². The molecule has 0 heterocycles. The molecule has 0 bridgehead atoms. The molecule has 0 spiro atoms. The Bertz CT molecular complexity index is 637. The summed E-state index contributed by atoms with van der Waals surface area (Å²) in [7, 11) is 0. The Morgan fingerprint density at radius 1 is 0.383 bits per heavy atom. The molecule has 0 radical (unpaired) electrons. The Kier molecular flexibility index (Phi) is 70.4. The molecule has 0 aromatic heterocycles. The fourth-order valence-corrected chi connectivity index (χ4v) is 4.43. The van der Waals surface area contributed by atoms with Crippen LogP contribution in [0.5, 0.6) is 0 Å². The van der Waals surface area contributed by atoms with Crippen LogP contribution in [0, 0.1) is 0 Å². The number of carboxylic acids is 4. The maximum absolute atomic E-state index is 10.2. The zero-order valence-corrected chi connectivity index (χ0v) is 31.4. The third-order valence-corrected chi connectivity index (χ3v) is 7.06. The van der Waals surface area contributed by atoms with Crippen LogP contribution in [0.25, 0.3) is 0 Å². The van der Waals surface area contributed by atoms with Crippen LogP contribution in [0.3, 0.4) is 0 Å². The van der Waals surface area contributed by atoms with Crippen LogP contribution < -0.4 is 95.9 Å². The fourth-order valence-electron chi connectivity index (χ4n) is 4.43. The van der Waals surface area contributed by atoms with Crippen molar-refractivity contribution in [3.05, 3.63) is 0 Å². The van der Waals surface area contributed by atoms with Gasteiger partial charge in [0, 0.05) is 23.9 Å². The van der Waals surface area contributed by atoms with E-state index in [1.54, 1.807) is 0 Å². The van der Waals surface area contributed by atoms with Gasteiger partial charge in [-0.05, 0) is 64.2 Å². The number of unbranched alkanes of at least 4 members (excludes halogenated alkanes) is 17. The summed E-state index contributed by atoms with van der Waals surface area (Å²) >= 11 is 0. The average Bonchev–Trinajstić information content (AvgIpc) is 2.94. The van der Waals surface area contributed by atoms with E-state index in [0.717, 1.165) is 83.5 Å². The Morgan fingerprint density at radius 2 is 0.574 bits per heavy atom. The second-order valence-electron chi connectivity index (χ2n) is 11.4. The van der Waals surface area contributed by atoms with Gasteiger partial charge in [-0.1, -0.05) is 123 Å². The molecule has 9 nitrogen and oxygen atoms in total. The Labute approximate surface area is 335 Å². The summed E-state index contributed by atoms with van der Waals surface area (Å²) in [6.45, 7) is 4.25. The monoisotopic (exact) mass is 643 g/mol. The smallest absolute Gasteiger partial charge is 0.550 e. The molecular weight excluding hydrogens is 580 g/mol. The first kappa shape index (κ1) is 62.4. The van der Waals surface area contributed by atoms with Gasteiger partial charge in [-0.3, -0.25) is 0 Å². The van der Waals surface area contributed by atoms with Gasteiger partial charge in [-0.15, -0.1) is 0 Å². The van der Waals surface area contributed by atoms with E-state index in [4.69, 9.17) is 0 Å². The van der Waals surface area contributed by atoms with Gasteiger partial charge in [-0.2, -0.15) is 0 Å². The quantitative estimate of drug-likeness (QED) is 0.0613. The zero-order chi connectivity index (χ0) is 33.0. The van der Waals surface area contributed by atoms with Gasteiger partial charge in [0.15, 0.2) is 0 Å². The number of hydrogen-bond donors (Lipinski definition) is 1. The van der Waals surface area contributed by atoms with Crippen molar-refractivity contribution in [3.63, 3.8) is 0 Å². The minimum atomic E-state index is -0.998. The Balaban J connectivity index is -0.000000107. The van der Waals surface area contributed by atoms with Crippen molar-refractivity contribution in [2.45, 2.75) is 193 Å². The van der Waals surface area contributed by atoms with E-state index >= 15 is 0 Å². The topological polar surface area (TPSA) is 181 Å². The van der Waals surface area contributed by atoms with Gasteiger partial charge in [0.1, 0.15) is 0 Å². The predicted octanol–water partition coefficient (Wildman–Crippen LogP) is -8.09. The molecule has 0 fully saturated rings. The van der Waals surface area contributed by atoms with E-state index in [1.807, 2.05) is 6.92 Å². The average molecular weight is 643 g/mol. The minimum absolute atomic E-state index is 0. The number of rotatable bonds is 29. The van der Waals surface area contributed by atoms with Crippen molar-refractivity contribution < 1.29 is 120 Å². The van der Waals surface area contributed by atoms with Gasteiger partial charge in [0.25, 0.3) is 0 Å². The van der Waals surface area contributed by atoms with Crippen LogP contribution in [0.4, 0.5) is 0 Å². The predicted molar refractivity (Wildman–Crippen MR) is 162 cm³/mol. The van der Waals surface area contributed by atoms with Gasteiger partial charge in [0.05, 0.1) is 6.10 Å². The fraction of sp³-hybridized carbons (Fsp3) is 0.882.